The van der Waals surface area contributed by atoms with Crippen LogP contribution in [-0.4, -0.2) is 26.1 Å². The average molecular weight is 398 g/mol. The van der Waals surface area contributed by atoms with Crippen LogP contribution in [0.25, 0.3) is 0 Å². The molecule has 2 atom stereocenters. The molecule has 2 aromatic carbocycles. The molecule has 1 aliphatic rings. The van der Waals surface area contributed by atoms with E-state index in [2.05, 4.69) is 0 Å². The monoisotopic (exact) mass is 397 g/mol. The van der Waals surface area contributed by atoms with Crippen molar-refractivity contribution >= 4 is 40.2 Å². The van der Waals surface area contributed by atoms with Crippen molar-refractivity contribution in [2.24, 2.45) is 0 Å². The van der Waals surface area contributed by atoms with E-state index >= 15 is 0 Å². The summed E-state index contributed by atoms with van der Waals surface area (Å²) in [5.74, 6) is -0.0660. The first-order valence-electron chi connectivity index (χ1n) is 7.85. The van der Waals surface area contributed by atoms with Gasteiger partial charge in [-0.25, -0.2) is 4.21 Å². The number of hydrogen-bond acceptors (Lipinski definition) is 2. The van der Waals surface area contributed by atoms with Gasteiger partial charge < -0.3 is 9.45 Å². The summed E-state index contributed by atoms with van der Waals surface area (Å²) in [6.07, 6.45) is 0.675. The molecule has 4 nitrogen and oxygen atoms in total. The minimum absolute atomic E-state index is 0.0660. The number of fused-ring (bicyclic) bond motifs is 1. The largest absolute Gasteiger partial charge is 0.335 e. The van der Waals surface area contributed by atoms with E-state index in [1.807, 2.05) is 13.0 Å². The van der Waals surface area contributed by atoms with Gasteiger partial charge in [0.2, 0.25) is 5.91 Å². The van der Waals surface area contributed by atoms with Crippen molar-refractivity contribution < 1.29 is 13.6 Å². The second-order valence-electron chi connectivity index (χ2n) is 5.96. The molecule has 0 aliphatic carbocycles. The van der Waals surface area contributed by atoms with Gasteiger partial charge in [0.05, 0.1) is 17.4 Å². The fourth-order valence-corrected chi connectivity index (χ4v) is 4.45. The highest BCUT2D eigenvalue weighted by Gasteiger charge is 2.30. The maximum atomic E-state index is 12.8. The predicted molar refractivity (Wildman–Crippen MR) is 99.5 cm³/mol. The first kappa shape index (κ1) is 18.4. The SMILES string of the molecule is C[C@H]1c2cccc(S(=O)O)c2CCN1C(=O)Cc1c(Cl)cccc1Cl. The molecule has 0 bridgehead atoms. The van der Waals surface area contributed by atoms with Crippen molar-refractivity contribution in [2.45, 2.75) is 30.7 Å². The van der Waals surface area contributed by atoms with Crippen LogP contribution in [0.4, 0.5) is 0 Å². The maximum absolute atomic E-state index is 12.8. The van der Waals surface area contributed by atoms with Gasteiger partial charge in [0, 0.05) is 16.6 Å². The van der Waals surface area contributed by atoms with Crippen LogP contribution < -0.4 is 0 Å². The third-order valence-corrected chi connectivity index (χ3v) is 6.05. The number of benzene rings is 2. The van der Waals surface area contributed by atoms with Crippen LogP contribution in [0.3, 0.4) is 0 Å². The van der Waals surface area contributed by atoms with Crippen molar-refractivity contribution in [1.82, 2.24) is 4.90 Å². The lowest BCUT2D eigenvalue weighted by atomic mass is 9.93. The molecule has 0 saturated heterocycles. The summed E-state index contributed by atoms with van der Waals surface area (Å²) in [6.45, 7) is 2.41. The van der Waals surface area contributed by atoms with Crippen molar-refractivity contribution in [1.29, 1.82) is 0 Å². The number of carbonyl (C=O) groups is 1. The highest BCUT2D eigenvalue weighted by atomic mass is 35.5. The van der Waals surface area contributed by atoms with E-state index < -0.39 is 11.1 Å². The fourth-order valence-electron chi connectivity index (χ4n) is 3.29. The third-order valence-electron chi connectivity index (χ3n) is 4.59. The van der Waals surface area contributed by atoms with Gasteiger partial charge in [0.25, 0.3) is 0 Å². The van der Waals surface area contributed by atoms with Crippen molar-refractivity contribution in [2.75, 3.05) is 6.54 Å². The van der Waals surface area contributed by atoms with Crippen LogP contribution in [0.2, 0.25) is 10.0 Å². The Balaban J connectivity index is 1.87. The van der Waals surface area contributed by atoms with E-state index in [0.29, 0.717) is 33.5 Å². The summed E-state index contributed by atoms with van der Waals surface area (Å²) in [5.41, 5.74) is 2.39. The van der Waals surface area contributed by atoms with Gasteiger partial charge in [-0.1, -0.05) is 41.4 Å². The van der Waals surface area contributed by atoms with Crippen LogP contribution in [0, 0.1) is 0 Å². The number of nitrogens with zero attached hydrogens (tertiary/aromatic N) is 1. The highest BCUT2D eigenvalue weighted by molar-refractivity contribution is 7.79. The normalized spacial score (nSPS) is 17.9. The van der Waals surface area contributed by atoms with Gasteiger partial charge in [-0.15, -0.1) is 0 Å². The second-order valence-corrected chi connectivity index (χ2v) is 7.72. The lowest BCUT2D eigenvalue weighted by Crippen LogP contribution is -2.40. The summed E-state index contributed by atoms with van der Waals surface area (Å²) in [5, 5.41) is 0.952. The molecule has 0 fully saturated rings. The number of amides is 1. The molecule has 7 heteroatoms. The summed E-state index contributed by atoms with van der Waals surface area (Å²) in [4.78, 5) is 15.0. The van der Waals surface area contributed by atoms with Crippen molar-refractivity contribution in [3.63, 3.8) is 0 Å². The number of rotatable bonds is 3. The predicted octanol–water partition coefficient (Wildman–Crippen LogP) is 4.26. The number of halogens is 2. The molecule has 1 heterocycles. The first-order valence-corrected chi connectivity index (χ1v) is 9.71. The average Bonchev–Trinajstić information content (AvgIpc) is 2.58. The van der Waals surface area contributed by atoms with Gasteiger partial charge in [-0.05, 0) is 48.2 Å². The van der Waals surface area contributed by atoms with E-state index in [1.54, 1.807) is 35.2 Å². The van der Waals surface area contributed by atoms with Gasteiger partial charge in [-0.3, -0.25) is 4.79 Å². The number of carbonyl (C=O) groups excluding carboxylic acids is 1. The molecular formula is C18H17Cl2NO3S. The third kappa shape index (κ3) is 3.60. The Labute approximate surface area is 159 Å². The molecule has 0 radical (unpaired) electrons. The number of hydrogen-bond donors (Lipinski definition) is 1. The van der Waals surface area contributed by atoms with Crippen molar-refractivity contribution in [3.05, 3.63) is 63.1 Å². The zero-order valence-electron chi connectivity index (χ0n) is 13.5. The minimum Gasteiger partial charge on any atom is -0.335 e. The van der Waals surface area contributed by atoms with Crippen molar-refractivity contribution in [3.8, 4) is 0 Å². The first-order chi connectivity index (χ1) is 11.9. The Hall–Kier alpha value is -1.40. The molecular weight excluding hydrogens is 381 g/mol. The molecule has 1 amide bonds. The lowest BCUT2D eigenvalue weighted by Gasteiger charge is -2.36. The summed E-state index contributed by atoms with van der Waals surface area (Å²) >= 11 is 10.3. The van der Waals surface area contributed by atoms with Gasteiger partial charge in [0.1, 0.15) is 0 Å². The highest BCUT2D eigenvalue weighted by Crippen LogP contribution is 2.33. The summed E-state index contributed by atoms with van der Waals surface area (Å²) in [7, 11) is 0. The zero-order chi connectivity index (χ0) is 18.1. The van der Waals surface area contributed by atoms with Crippen LogP contribution >= 0.6 is 23.2 Å². The Bertz CT molecular complexity index is 836. The standard InChI is InChI=1S/C18H17Cl2NO3S/c1-11-12-4-2-7-17(25(23)24)13(12)8-9-21(11)18(22)10-14-15(19)5-3-6-16(14)20/h2-7,11H,8-10H2,1H3,(H,23,24)/t11-/m0/s1. The van der Waals surface area contributed by atoms with Gasteiger partial charge in [-0.2, -0.15) is 0 Å². The van der Waals surface area contributed by atoms with Crippen LogP contribution in [0.5, 0.6) is 0 Å². The topological polar surface area (TPSA) is 57.6 Å². The Morgan fingerprint density at radius 3 is 2.52 bits per heavy atom. The Morgan fingerprint density at radius 1 is 1.24 bits per heavy atom. The molecule has 0 spiro atoms. The zero-order valence-corrected chi connectivity index (χ0v) is 15.9. The second kappa shape index (κ2) is 7.46. The van der Waals surface area contributed by atoms with Gasteiger partial charge in [0.15, 0.2) is 11.1 Å². The smallest absolute Gasteiger partial charge is 0.227 e. The van der Waals surface area contributed by atoms with E-state index in [4.69, 9.17) is 23.2 Å². The van der Waals surface area contributed by atoms with Crippen LogP contribution in [0.1, 0.15) is 29.7 Å². The molecule has 0 saturated carbocycles. The quantitative estimate of drug-likeness (QED) is 0.786. The minimum atomic E-state index is -2.03. The molecule has 25 heavy (non-hydrogen) atoms. The van der Waals surface area contributed by atoms with Gasteiger partial charge >= 0.3 is 0 Å². The van der Waals surface area contributed by atoms with Crippen LogP contribution in [-0.2, 0) is 28.7 Å². The Kier molecular flexibility index (Phi) is 5.49. The van der Waals surface area contributed by atoms with E-state index in [0.717, 1.165) is 11.1 Å². The van der Waals surface area contributed by atoms with E-state index in [1.165, 1.54) is 0 Å². The maximum Gasteiger partial charge on any atom is 0.227 e. The fraction of sp³-hybridized carbons (Fsp3) is 0.278. The van der Waals surface area contributed by atoms with Crippen LogP contribution in [0.15, 0.2) is 41.3 Å². The Morgan fingerprint density at radius 2 is 1.88 bits per heavy atom. The molecule has 2 aromatic rings. The molecule has 1 aliphatic heterocycles. The van der Waals surface area contributed by atoms with E-state index in [9.17, 15) is 13.6 Å². The molecule has 1 N–H and O–H groups in total. The summed E-state index contributed by atoms with van der Waals surface area (Å²) < 4.78 is 21.0. The molecule has 132 valence electrons. The van der Waals surface area contributed by atoms with E-state index in [-0.39, 0.29) is 18.4 Å². The summed E-state index contributed by atoms with van der Waals surface area (Å²) in [6, 6.07) is 10.3. The lowest BCUT2D eigenvalue weighted by molar-refractivity contribution is -0.133. The molecule has 3 rings (SSSR count). The molecule has 0 aromatic heterocycles. The molecule has 1 unspecified atom stereocenters.